The summed E-state index contributed by atoms with van der Waals surface area (Å²) in [4.78, 5) is 27.2. The Balaban J connectivity index is 1.32. The number of urea groups is 1. The van der Waals surface area contributed by atoms with E-state index >= 15 is 0 Å². The van der Waals surface area contributed by atoms with Crippen LogP contribution in [0.1, 0.15) is 37.4 Å². The van der Waals surface area contributed by atoms with Crippen molar-refractivity contribution < 1.29 is 19.1 Å². The van der Waals surface area contributed by atoms with Crippen LogP contribution in [0.25, 0.3) is 10.9 Å². The number of morpholine rings is 1. The van der Waals surface area contributed by atoms with E-state index in [1.807, 2.05) is 0 Å². The zero-order valence-electron chi connectivity index (χ0n) is 19.6. The average molecular weight is 464 g/mol. The number of anilines is 2. The van der Waals surface area contributed by atoms with Crippen molar-refractivity contribution in [2.24, 2.45) is 0 Å². The minimum Gasteiger partial charge on any atom is -0.451 e. The monoisotopic (exact) mass is 463 g/mol. The van der Waals surface area contributed by atoms with Gasteiger partial charge < -0.3 is 25.0 Å². The molecule has 1 fully saturated rings. The molecule has 1 saturated heterocycles. The highest BCUT2D eigenvalue weighted by Crippen LogP contribution is 2.38. The van der Waals surface area contributed by atoms with Crippen LogP contribution in [0, 0.1) is 0 Å². The minimum absolute atomic E-state index is 0.0668. The highest BCUT2D eigenvalue weighted by atomic mass is 16.5. The molecule has 5 rings (SSSR count). The number of aromatic nitrogens is 2. The van der Waals surface area contributed by atoms with Gasteiger partial charge in [-0.15, -0.1) is 0 Å². The molecule has 0 radical (unpaired) electrons. The van der Waals surface area contributed by atoms with Gasteiger partial charge in [0, 0.05) is 24.2 Å². The lowest BCUT2D eigenvalue weighted by atomic mass is 10.0. The molecule has 1 aromatic heterocycles. The van der Waals surface area contributed by atoms with Gasteiger partial charge in [0.05, 0.1) is 42.8 Å². The molecule has 2 amide bonds. The van der Waals surface area contributed by atoms with Gasteiger partial charge in [-0.2, -0.15) is 9.78 Å². The summed E-state index contributed by atoms with van der Waals surface area (Å²) in [6.45, 7) is 5.94. The highest BCUT2D eigenvalue weighted by molar-refractivity contribution is 6.02. The fraction of sp³-hybridized carbons (Fsp3) is 0.400. The molecule has 0 bridgehead atoms. The number of nitrogens with one attached hydrogen (secondary N) is 2. The van der Waals surface area contributed by atoms with Crippen molar-refractivity contribution in [3.8, 4) is 0 Å². The molecule has 3 aromatic rings. The predicted octanol–water partition coefficient (Wildman–Crippen LogP) is 4.07. The lowest BCUT2D eigenvalue weighted by Crippen LogP contribution is -2.45. The molecule has 2 aromatic carbocycles. The highest BCUT2D eigenvalue weighted by Gasteiger charge is 2.30. The van der Waals surface area contributed by atoms with Crippen molar-refractivity contribution >= 4 is 34.4 Å². The fourth-order valence-corrected chi connectivity index (χ4v) is 5.16. The largest absolute Gasteiger partial charge is 0.451 e. The molecule has 3 unspecified atom stereocenters. The number of benzene rings is 2. The normalized spacial score (nSPS) is 21.9. The van der Waals surface area contributed by atoms with Crippen LogP contribution in [0.2, 0.25) is 0 Å². The molecule has 0 saturated carbocycles. The molecule has 0 spiro atoms. The minimum atomic E-state index is -0.584. The first-order chi connectivity index (χ1) is 16.4. The van der Waals surface area contributed by atoms with E-state index in [9.17, 15) is 9.59 Å². The van der Waals surface area contributed by atoms with Crippen LogP contribution in [0.3, 0.4) is 0 Å². The van der Waals surface area contributed by atoms with E-state index in [0.29, 0.717) is 16.6 Å². The third-order valence-corrected chi connectivity index (χ3v) is 6.52. The van der Waals surface area contributed by atoms with Crippen molar-refractivity contribution in [3.63, 3.8) is 0 Å². The zero-order chi connectivity index (χ0) is 23.8. The predicted molar refractivity (Wildman–Crippen MR) is 129 cm³/mol. The third kappa shape index (κ3) is 4.07. The van der Waals surface area contributed by atoms with E-state index in [2.05, 4.69) is 52.7 Å². The Morgan fingerprint density at radius 3 is 2.65 bits per heavy atom. The Labute approximate surface area is 198 Å². The molecule has 34 heavy (non-hydrogen) atoms. The first-order valence-corrected chi connectivity index (χ1v) is 11.6. The number of amides is 2. The number of nitrogens with zero attached hydrogens (tertiary/aromatic N) is 3. The van der Waals surface area contributed by atoms with Gasteiger partial charge in [0.2, 0.25) is 0 Å². The van der Waals surface area contributed by atoms with E-state index < -0.39 is 6.09 Å². The van der Waals surface area contributed by atoms with E-state index in [1.54, 1.807) is 24.4 Å². The smallest absolute Gasteiger partial charge is 0.434 e. The SMILES string of the molecule is COC(=O)n1ncc2c(NC(=O)NC3CCc4c3cccc4N3CC(C)OC(C)C3)cccc21. The molecular formula is C25H29N5O4. The van der Waals surface area contributed by atoms with Gasteiger partial charge in [0.25, 0.3) is 0 Å². The third-order valence-electron chi connectivity index (χ3n) is 6.52. The van der Waals surface area contributed by atoms with E-state index in [-0.39, 0.29) is 24.3 Å². The quantitative estimate of drug-likeness (QED) is 0.608. The van der Waals surface area contributed by atoms with Crippen molar-refractivity contribution in [2.75, 3.05) is 30.4 Å². The molecule has 2 N–H and O–H groups in total. The molecule has 178 valence electrons. The van der Waals surface area contributed by atoms with Gasteiger partial charge >= 0.3 is 12.1 Å². The second-order valence-electron chi connectivity index (χ2n) is 8.96. The number of hydrogen-bond acceptors (Lipinski definition) is 6. The van der Waals surface area contributed by atoms with Crippen LogP contribution < -0.4 is 15.5 Å². The van der Waals surface area contributed by atoms with Crippen LogP contribution >= 0.6 is 0 Å². The van der Waals surface area contributed by atoms with Gasteiger partial charge in [-0.05, 0) is 56.0 Å². The first-order valence-electron chi connectivity index (χ1n) is 11.6. The van der Waals surface area contributed by atoms with Crippen LogP contribution in [-0.4, -0.2) is 54.3 Å². The summed E-state index contributed by atoms with van der Waals surface area (Å²) in [6, 6.07) is 11.3. The maximum atomic E-state index is 12.9. The summed E-state index contributed by atoms with van der Waals surface area (Å²) in [5.41, 5.74) is 4.85. The number of carbonyl (C=O) groups is 2. The molecule has 1 aliphatic heterocycles. The Morgan fingerprint density at radius 1 is 1.12 bits per heavy atom. The maximum absolute atomic E-state index is 12.9. The number of rotatable bonds is 3. The Morgan fingerprint density at radius 2 is 1.88 bits per heavy atom. The van der Waals surface area contributed by atoms with Crippen LogP contribution in [0.4, 0.5) is 21.0 Å². The van der Waals surface area contributed by atoms with Gasteiger partial charge in [-0.25, -0.2) is 9.59 Å². The molecular weight excluding hydrogens is 434 g/mol. The van der Waals surface area contributed by atoms with Gasteiger partial charge in [0.1, 0.15) is 0 Å². The second-order valence-corrected chi connectivity index (χ2v) is 8.96. The summed E-state index contributed by atoms with van der Waals surface area (Å²) in [7, 11) is 1.30. The van der Waals surface area contributed by atoms with Crippen LogP contribution in [-0.2, 0) is 15.9 Å². The first kappa shape index (κ1) is 22.2. The van der Waals surface area contributed by atoms with E-state index in [0.717, 1.165) is 31.5 Å². The maximum Gasteiger partial charge on any atom is 0.434 e. The van der Waals surface area contributed by atoms with Crippen molar-refractivity contribution in [3.05, 3.63) is 53.7 Å². The number of hydrogen-bond donors (Lipinski definition) is 2. The zero-order valence-corrected chi connectivity index (χ0v) is 19.6. The Hall–Kier alpha value is -3.59. The van der Waals surface area contributed by atoms with Gasteiger partial charge in [0.15, 0.2) is 0 Å². The standard InChI is InChI=1S/C25H29N5O4/c1-15-13-29(14-16(2)34-15)22-8-4-6-17-18(22)10-11-21(17)28-24(31)27-20-7-5-9-23-19(20)12-26-30(23)25(32)33-3/h4-9,12,15-16,21H,10-11,13-14H2,1-3H3,(H2,27,28,31). The molecule has 2 aliphatic rings. The van der Waals surface area contributed by atoms with Gasteiger partial charge in [-0.1, -0.05) is 18.2 Å². The number of carbonyl (C=O) groups excluding carboxylic acids is 2. The lowest BCUT2D eigenvalue weighted by molar-refractivity contribution is -0.00525. The fourth-order valence-electron chi connectivity index (χ4n) is 5.16. The topological polar surface area (TPSA) is 97.7 Å². The summed E-state index contributed by atoms with van der Waals surface area (Å²) in [6.07, 6.45) is 3.10. The van der Waals surface area contributed by atoms with Crippen LogP contribution in [0.5, 0.6) is 0 Å². The Bertz CT molecular complexity index is 1230. The number of methoxy groups -OCH3 is 1. The summed E-state index contributed by atoms with van der Waals surface area (Å²) >= 11 is 0. The van der Waals surface area contributed by atoms with Crippen LogP contribution in [0.15, 0.2) is 42.6 Å². The summed E-state index contributed by atoms with van der Waals surface area (Å²) in [5.74, 6) is 0. The lowest BCUT2D eigenvalue weighted by Gasteiger charge is -2.38. The van der Waals surface area contributed by atoms with E-state index in [4.69, 9.17) is 9.47 Å². The van der Waals surface area contributed by atoms with Crippen molar-refractivity contribution in [1.29, 1.82) is 0 Å². The van der Waals surface area contributed by atoms with Crippen molar-refractivity contribution in [2.45, 2.75) is 44.9 Å². The summed E-state index contributed by atoms with van der Waals surface area (Å²) < 4.78 is 11.8. The molecule has 3 atom stereocenters. The van der Waals surface area contributed by atoms with Crippen molar-refractivity contribution in [1.82, 2.24) is 15.1 Å². The average Bonchev–Trinajstić information content (AvgIpc) is 3.43. The molecule has 2 heterocycles. The molecule has 1 aliphatic carbocycles. The second kappa shape index (κ2) is 8.98. The summed E-state index contributed by atoms with van der Waals surface area (Å²) in [5, 5.41) is 10.8. The number of ether oxygens (including phenoxy) is 2. The van der Waals surface area contributed by atoms with E-state index in [1.165, 1.54) is 23.0 Å². The van der Waals surface area contributed by atoms with Gasteiger partial charge in [-0.3, -0.25) is 0 Å². The number of fused-ring (bicyclic) bond motifs is 2. The molecule has 9 heteroatoms. The Kier molecular flexibility index (Phi) is 5.87. The molecule has 9 nitrogen and oxygen atoms in total.